The smallest absolute Gasteiger partial charge is 0.161 e. The van der Waals surface area contributed by atoms with Crippen LogP contribution in [-0.2, 0) is 13.5 Å². The molecule has 0 aliphatic heterocycles. The number of ether oxygens (including phenoxy) is 1. The summed E-state index contributed by atoms with van der Waals surface area (Å²) >= 11 is 0. The Labute approximate surface area is 113 Å². The minimum Gasteiger partial charge on any atom is -0.493 e. The number of nitrogens with two attached hydrogens (primary N) is 1. The van der Waals surface area contributed by atoms with Crippen molar-refractivity contribution >= 4 is 0 Å². The number of nitrogens with zero attached hydrogens (tertiary/aromatic N) is 2. The second-order valence-electron chi connectivity index (χ2n) is 4.37. The van der Waals surface area contributed by atoms with Crippen LogP contribution in [0.5, 0.6) is 5.75 Å². The third kappa shape index (κ3) is 2.47. The Morgan fingerprint density at radius 3 is 2.79 bits per heavy atom. The van der Waals surface area contributed by atoms with E-state index in [9.17, 15) is 0 Å². The standard InChI is InChI=1S/C14H20N4O/c1-4-10-7-5-6-8-11(10)13(17-15)14-12(19-3)9-16-18(14)2/h5-9,13,17H,4,15H2,1-3H3. The van der Waals surface area contributed by atoms with Gasteiger partial charge in [0.15, 0.2) is 5.75 Å². The van der Waals surface area contributed by atoms with Gasteiger partial charge in [0.05, 0.1) is 19.3 Å². The summed E-state index contributed by atoms with van der Waals surface area (Å²) in [4.78, 5) is 0. The van der Waals surface area contributed by atoms with Crippen LogP contribution in [0.25, 0.3) is 0 Å². The van der Waals surface area contributed by atoms with Gasteiger partial charge in [-0.25, -0.2) is 5.43 Å². The highest BCUT2D eigenvalue weighted by molar-refractivity contribution is 5.40. The van der Waals surface area contributed by atoms with Crippen LogP contribution in [0.3, 0.4) is 0 Å². The van der Waals surface area contributed by atoms with E-state index in [1.165, 1.54) is 5.56 Å². The molecule has 0 amide bonds. The zero-order valence-corrected chi connectivity index (χ0v) is 11.6. The second kappa shape index (κ2) is 5.86. The molecule has 0 aliphatic rings. The highest BCUT2D eigenvalue weighted by Crippen LogP contribution is 2.30. The third-order valence-electron chi connectivity index (χ3n) is 3.36. The van der Waals surface area contributed by atoms with Crippen LogP contribution in [0.15, 0.2) is 30.5 Å². The average Bonchev–Trinajstić information content (AvgIpc) is 2.82. The van der Waals surface area contributed by atoms with Crippen LogP contribution in [-0.4, -0.2) is 16.9 Å². The van der Waals surface area contributed by atoms with Crippen LogP contribution in [0, 0.1) is 0 Å². The van der Waals surface area contributed by atoms with Crippen molar-refractivity contribution in [2.24, 2.45) is 12.9 Å². The molecule has 0 saturated heterocycles. The Morgan fingerprint density at radius 2 is 2.16 bits per heavy atom. The minimum absolute atomic E-state index is 0.140. The quantitative estimate of drug-likeness (QED) is 0.632. The zero-order valence-electron chi connectivity index (χ0n) is 11.6. The lowest BCUT2D eigenvalue weighted by Gasteiger charge is -2.20. The van der Waals surface area contributed by atoms with E-state index in [4.69, 9.17) is 10.6 Å². The van der Waals surface area contributed by atoms with Crippen molar-refractivity contribution in [3.8, 4) is 5.75 Å². The molecule has 3 N–H and O–H groups in total. The van der Waals surface area contributed by atoms with Crippen LogP contribution in [0.4, 0.5) is 0 Å². The Balaban J connectivity index is 2.53. The second-order valence-corrected chi connectivity index (χ2v) is 4.37. The molecule has 0 fully saturated rings. The average molecular weight is 260 g/mol. The van der Waals surface area contributed by atoms with E-state index in [1.807, 2.05) is 19.2 Å². The van der Waals surface area contributed by atoms with Gasteiger partial charge in [0, 0.05) is 7.05 Å². The fourth-order valence-electron chi connectivity index (χ4n) is 2.37. The normalized spacial score (nSPS) is 12.4. The fourth-order valence-corrected chi connectivity index (χ4v) is 2.37. The summed E-state index contributed by atoms with van der Waals surface area (Å²) in [6.45, 7) is 2.13. The number of aromatic nitrogens is 2. The molecule has 1 unspecified atom stereocenters. The highest BCUT2D eigenvalue weighted by Gasteiger charge is 2.22. The Morgan fingerprint density at radius 1 is 1.42 bits per heavy atom. The number of aryl methyl sites for hydroxylation is 2. The van der Waals surface area contributed by atoms with Crippen LogP contribution < -0.4 is 16.0 Å². The molecule has 19 heavy (non-hydrogen) atoms. The maximum atomic E-state index is 5.77. The summed E-state index contributed by atoms with van der Waals surface area (Å²) in [5, 5.41) is 4.23. The topological polar surface area (TPSA) is 65.1 Å². The molecule has 0 saturated carbocycles. The van der Waals surface area contributed by atoms with Crippen molar-refractivity contribution in [2.75, 3.05) is 7.11 Å². The van der Waals surface area contributed by atoms with E-state index >= 15 is 0 Å². The van der Waals surface area contributed by atoms with Crippen molar-refractivity contribution in [1.29, 1.82) is 0 Å². The first kappa shape index (κ1) is 13.6. The van der Waals surface area contributed by atoms with Crippen molar-refractivity contribution in [2.45, 2.75) is 19.4 Å². The van der Waals surface area contributed by atoms with Gasteiger partial charge >= 0.3 is 0 Å². The molecular formula is C14H20N4O. The molecule has 0 aliphatic carbocycles. The lowest BCUT2D eigenvalue weighted by molar-refractivity contribution is 0.401. The Hall–Kier alpha value is -1.85. The van der Waals surface area contributed by atoms with Crippen molar-refractivity contribution < 1.29 is 4.74 Å². The predicted octanol–water partition coefficient (Wildman–Crippen LogP) is 1.54. The first-order valence-electron chi connectivity index (χ1n) is 6.32. The van der Waals surface area contributed by atoms with Crippen molar-refractivity contribution in [1.82, 2.24) is 15.2 Å². The van der Waals surface area contributed by atoms with Crippen LogP contribution in [0.2, 0.25) is 0 Å². The molecular weight excluding hydrogens is 240 g/mol. The first-order valence-corrected chi connectivity index (χ1v) is 6.32. The lowest BCUT2D eigenvalue weighted by Crippen LogP contribution is -2.31. The van der Waals surface area contributed by atoms with Gasteiger partial charge in [-0.05, 0) is 17.5 Å². The van der Waals surface area contributed by atoms with E-state index < -0.39 is 0 Å². The van der Waals surface area contributed by atoms with E-state index in [0.29, 0.717) is 0 Å². The molecule has 2 rings (SSSR count). The number of nitrogens with one attached hydrogen (secondary N) is 1. The number of hydrogen-bond donors (Lipinski definition) is 2. The third-order valence-corrected chi connectivity index (χ3v) is 3.36. The molecule has 2 aromatic rings. The molecule has 1 aromatic carbocycles. The molecule has 102 valence electrons. The van der Waals surface area contributed by atoms with Crippen molar-refractivity contribution in [3.05, 3.63) is 47.3 Å². The summed E-state index contributed by atoms with van der Waals surface area (Å²) in [5.74, 6) is 6.50. The molecule has 5 nitrogen and oxygen atoms in total. The van der Waals surface area contributed by atoms with Crippen LogP contribution in [0.1, 0.15) is 29.8 Å². The maximum Gasteiger partial charge on any atom is 0.161 e. The van der Waals surface area contributed by atoms with Gasteiger partial charge in [-0.3, -0.25) is 10.5 Å². The van der Waals surface area contributed by atoms with E-state index in [0.717, 1.165) is 23.4 Å². The van der Waals surface area contributed by atoms with Gasteiger partial charge in [-0.2, -0.15) is 5.10 Å². The van der Waals surface area contributed by atoms with E-state index in [1.54, 1.807) is 18.0 Å². The predicted molar refractivity (Wildman–Crippen MR) is 74.7 cm³/mol. The molecule has 1 heterocycles. The summed E-state index contributed by atoms with van der Waals surface area (Å²) in [6.07, 6.45) is 2.66. The molecule has 0 spiro atoms. The van der Waals surface area contributed by atoms with Crippen molar-refractivity contribution in [3.63, 3.8) is 0 Å². The largest absolute Gasteiger partial charge is 0.493 e. The Kier molecular flexibility index (Phi) is 4.19. The number of hydrogen-bond acceptors (Lipinski definition) is 4. The van der Waals surface area contributed by atoms with Crippen LogP contribution >= 0.6 is 0 Å². The number of rotatable bonds is 5. The monoisotopic (exact) mass is 260 g/mol. The summed E-state index contributed by atoms with van der Waals surface area (Å²) in [7, 11) is 3.52. The fraction of sp³-hybridized carbons (Fsp3) is 0.357. The number of benzene rings is 1. The zero-order chi connectivity index (χ0) is 13.8. The minimum atomic E-state index is -0.140. The van der Waals surface area contributed by atoms with Gasteiger partial charge in [-0.1, -0.05) is 31.2 Å². The lowest BCUT2D eigenvalue weighted by atomic mass is 9.96. The summed E-state index contributed by atoms with van der Waals surface area (Å²) in [5.41, 5.74) is 6.20. The van der Waals surface area contributed by atoms with E-state index in [-0.39, 0.29) is 6.04 Å². The SMILES string of the molecule is CCc1ccccc1C(NN)c1c(OC)cnn1C. The molecule has 1 atom stereocenters. The molecule has 0 radical (unpaired) electrons. The molecule has 0 bridgehead atoms. The van der Waals surface area contributed by atoms with E-state index in [2.05, 4.69) is 29.6 Å². The summed E-state index contributed by atoms with van der Waals surface area (Å²) in [6, 6.07) is 8.11. The van der Waals surface area contributed by atoms with Gasteiger partial charge in [0.1, 0.15) is 5.69 Å². The van der Waals surface area contributed by atoms with Gasteiger partial charge in [0.2, 0.25) is 0 Å². The van der Waals surface area contributed by atoms with Gasteiger partial charge in [0.25, 0.3) is 0 Å². The first-order chi connectivity index (χ1) is 9.22. The number of hydrazine groups is 1. The number of methoxy groups -OCH3 is 1. The molecule has 5 heteroatoms. The highest BCUT2D eigenvalue weighted by atomic mass is 16.5. The Bertz CT molecular complexity index is 550. The summed E-state index contributed by atoms with van der Waals surface area (Å²) < 4.78 is 7.15. The maximum absolute atomic E-state index is 5.77. The van der Waals surface area contributed by atoms with Gasteiger partial charge < -0.3 is 4.74 Å². The van der Waals surface area contributed by atoms with Gasteiger partial charge in [-0.15, -0.1) is 0 Å². The molecule has 1 aromatic heterocycles.